The van der Waals surface area contributed by atoms with Crippen LogP contribution in [0.5, 0.6) is 11.5 Å². The average Bonchev–Trinajstić information content (AvgIpc) is 3.19. The molecule has 4 aromatic rings. The summed E-state index contributed by atoms with van der Waals surface area (Å²) in [6.07, 6.45) is 2.33. The number of H-pyrrole nitrogens is 1. The average molecular weight is 464 g/mol. The van der Waals surface area contributed by atoms with Gasteiger partial charge in [0.1, 0.15) is 23.1 Å². The van der Waals surface area contributed by atoms with E-state index >= 15 is 0 Å². The van der Waals surface area contributed by atoms with E-state index in [9.17, 15) is 24.6 Å². The predicted molar refractivity (Wildman–Crippen MR) is 125 cm³/mol. The fraction of sp³-hybridized carbons (Fsp3) is 0.240. The van der Waals surface area contributed by atoms with E-state index in [0.29, 0.717) is 34.3 Å². The molecule has 176 valence electrons. The Morgan fingerprint density at radius 2 is 1.94 bits per heavy atom. The quantitative estimate of drug-likeness (QED) is 0.294. The van der Waals surface area contributed by atoms with Gasteiger partial charge >= 0.3 is 11.6 Å². The van der Waals surface area contributed by atoms with Crippen molar-refractivity contribution in [2.24, 2.45) is 0 Å². The van der Waals surface area contributed by atoms with E-state index in [2.05, 4.69) is 10.3 Å². The number of nitrogens with one attached hydrogen (secondary N) is 2. The van der Waals surface area contributed by atoms with Crippen molar-refractivity contribution in [2.75, 3.05) is 6.61 Å². The SMILES string of the molecule is CCc1cc(=O)oc2c(C)c(OCC(=O)NC(Cc3c[nH]c4ccc(O)cc34)C(=O)O)ccc12. The maximum atomic E-state index is 12.5. The Morgan fingerprint density at radius 1 is 1.15 bits per heavy atom. The summed E-state index contributed by atoms with van der Waals surface area (Å²) in [5, 5.41) is 23.3. The number of aliphatic carboxylic acids is 1. The summed E-state index contributed by atoms with van der Waals surface area (Å²) in [7, 11) is 0. The molecule has 34 heavy (non-hydrogen) atoms. The van der Waals surface area contributed by atoms with E-state index in [1.54, 1.807) is 31.3 Å². The molecule has 1 amide bonds. The normalized spacial score (nSPS) is 12.1. The fourth-order valence-electron chi connectivity index (χ4n) is 3.99. The topological polar surface area (TPSA) is 142 Å². The number of fused-ring (bicyclic) bond motifs is 2. The molecule has 0 aliphatic heterocycles. The van der Waals surface area contributed by atoms with Gasteiger partial charge in [-0.2, -0.15) is 0 Å². The Hall–Kier alpha value is -4.27. The van der Waals surface area contributed by atoms with Crippen molar-refractivity contribution < 1.29 is 29.0 Å². The number of benzene rings is 2. The van der Waals surface area contributed by atoms with E-state index < -0.39 is 30.2 Å². The number of phenolic OH excluding ortho intramolecular Hbond substituents is 1. The number of hydrogen-bond donors (Lipinski definition) is 4. The Kier molecular flexibility index (Phi) is 6.27. The molecule has 0 saturated heterocycles. The number of aryl methyl sites for hydroxylation is 2. The molecule has 0 spiro atoms. The van der Waals surface area contributed by atoms with E-state index in [-0.39, 0.29) is 12.2 Å². The van der Waals surface area contributed by atoms with Gasteiger partial charge in [-0.1, -0.05) is 6.92 Å². The monoisotopic (exact) mass is 464 g/mol. The van der Waals surface area contributed by atoms with Gasteiger partial charge in [-0.05, 0) is 54.8 Å². The summed E-state index contributed by atoms with van der Waals surface area (Å²) in [6, 6.07) is 8.47. The minimum absolute atomic E-state index is 0.0183. The number of hydrogen-bond acceptors (Lipinski definition) is 6. The number of rotatable bonds is 8. The van der Waals surface area contributed by atoms with E-state index in [4.69, 9.17) is 9.15 Å². The van der Waals surface area contributed by atoms with Crippen molar-refractivity contribution in [1.29, 1.82) is 0 Å². The number of aromatic nitrogens is 1. The lowest BCUT2D eigenvalue weighted by atomic mass is 10.0. The standard InChI is InChI=1S/C25H24N2O7/c1-3-14-9-23(30)34-24-13(2)21(7-5-17(14)24)33-12-22(29)27-20(25(31)32)8-15-11-26-19-6-4-16(28)10-18(15)19/h4-7,9-11,20,26,28H,3,8,12H2,1-2H3,(H,27,29)(H,31,32). The van der Waals surface area contributed by atoms with Gasteiger partial charge in [0.15, 0.2) is 6.61 Å². The smallest absolute Gasteiger partial charge is 0.336 e. The zero-order valence-corrected chi connectivity index (χ0v) is 18.7. The van der Waals surface area contributed by atoms with E-state index in [1.807, 2.05) is 6.92 Å². The number of aromatic hydroxyl groups is 1. The van der Waals surface area contributed by atoms with Crippen molar-refractivity contribution in [1.82, 2.24) is 10.3 Å². The molecule has 2 aromatic carbocycles. The number of ether oxygens (including phenoxy) is 1. The number of phenols is 1. The summed E-state index contributed by atoms with van der Waals surface area (Å²) < 4.78 is 11.0. The maximum Gasteiger partial charge on any atom is 0.336 e. The fourth-order valence-corrected chi connectivity index (χ4v) is 3.99. The third kappa shape index (κ3) is 4.59. The molecule has 2 heterocycles. The predicted octanol–water partition coefficient (Wildman–Crippen LogP) is 3.04. The minimum Gasteiger partial charge on any atom is -0.508 e. The van der Waals surface area contributed by atoms with Crippen LogP contribution >= 0.6 is 0 Å². The number of carbonyl (C=O) groups excluding carboxylic acids is 1. The molecular weight excluding hydrogens is 440 g/mol. The first kappa shape index (κ1) is 22.9. The van der Waals surface area contributed by atoms with Gasteiger partial charge in [0.25, 0.3) is 5.91 Å². The molecular formula is C25H24N2O7. The van der Waals surface area contributed by atoms with Crippen LogP contribution < -0.4 is 15.7 Å². The Morgan fingerprint density at radius 3 is 2.68 bits per heavy atom. The number of carbonyl (C=O) groups is 2. The second-order valence-electron chi connectivity index (χ2n) is 8.00. The van der Waals surface area contributed by atoms with Gasteiger partial charge in [-0.3, -0.25) is 4.79 Å². The van der Waals surface area contributed by atoms with Crippen LogP contribution in [0.15, 0.2) is 51.8 Å². The molecule has 0 radical (unpaired) electrons. The molecule has 4 rings (SSSR count). The second-order valence-corrected chi connectivity index (χ2v) is 8.00. The lowest BCUT2D eigenvalue weighted by molar-refractivity contribution is -0.142. The molecule has 0 saturated carbocycles. The molecule has 0 aliphatic rings. The van der Waals surface area contributed by atoms with Gasteiger partial charge in [0, 0.05) is 40.5 Å². The van der Waals surface area contributed by atoms with E-state index in [0.717, 1.165) is 16.5 Å². The third-order valence-electron chi connectivity index (χ3n) is 5.74. The van der Waals surface area contributed by atoms with Gasteiger partial charge in [0.2, 0.25) is 0 Å². The molecule has 9 nitrogen and oxygen atoms in total. The zero-order chi connectivity index (χ0) is 24.4. The van der Waals surface area contributed by atoms with Crippen molar-refractivity contribution in [3.8, 4) is 11.5 Å². The molecule has 0 fully saturated rings. The summed E-state index contributed by atoms with van der Waals surface area (Å²) in [4.78, 5) is 39.1. The highest BCUT2D eigenvalue weighted by molar-refractivity contribution is 5.88. The summed E-state index contributed by atoms with van der Waals surface area (Å²) in [5.74, 6) is -1.39. The number of carboxylic acids is 1. The van der Waals surface area contributed by atoms with Crippen molar-refractivity contribution in [3.63, 3.8) is 0 Å². The van der Waals surface area contributed by atoms with Crippen LogP contribution in [0.1, 0.15) is 23.6 Å². The number of aromatic amines is 1. The van der Waals surface area contributed by atoms with Crippen LogP contribution in [-0.4, -0.2) is 39.7 Å². The highest BCUT2D eigenvalue weighted by Gasteiger charge is 2.22. The van der Waals surface area contributed by atoms with Gasteiger partial charge < -0.3 is 29.7 Å². The molecule has 1 atom stereocenters. The van der Waals surface area contributed by atoms with Crippen LogP contribution in [0.25, 0.3) is 21.9 Å². The summed E-state index contributed by atoms with van der Waals surface area (Å²) >= 11 is 0. The van der Waals surface area contributed by atoms with Crippen molar-refractivity contribution in [2.45, 2.75) is 32.7 Å². The largest absolute Gasteiger partial charge is 0.508 e. The Balaban J connectivity index is 1.47. The first-order valence-electron chi connectivity index (χ1n) is 10.8. The lowest BCUT2D eigenvalue weighted by Gasteiger charge is -2.16. The third-order valence-corrected chi connectivity index (χ3v) is 5.74. The van der Waals surface area contributed by atoms with Crippen LogP contribution in [0.3, 0.4) is 0 Å². The molecule has 1 unspecified atom stereocenters. The van der Waals surface area contributed by atoms with Crippen molar-refractivity contribution >= 4 is 33.7 Å². The second kappa shape index (κ2) is 9.30. The Labute approximate surface area is 194 Å². The summed E-state index contributed by atoms with van der Waals surface area (Å²) in [6.45, 7) is 3.25. The zero-order valence-electron chi connectivity index (χ0n) is 18.7. The van der Waals surface area contributed by atoms with Crippen molar-refractivity contribution in [3.05, 3.63) is 69.7 Å². The molecule has 9 heteroatoms. The van der Waals surface area contributed by atoms with Crippen LogP contribution in [0.2, 0.25) is 0 Å². The minimum atomic E-state index is -1.20. The van der Waals surface area contributed by atoms with Crippen LogP contribution in [0, 0.1) is 6.92 Å². The molecule has 2 aromatic heterocycles. The highest BCUT2D eigenvalue weighted by Crippen LogP contribution is 2.29. The van der Waals surface area contributed by atoms with Gasteiger partial charge in [-0.25, -0.2) is 9.59 Å². The van der Waals surface area contributed by atoms with E-state index in [1.165, 1.54) is 18.2 Å². The number of carboxylic acid groups (broad SMARTS) is 1. The number of amides is 1. The molecule has 4 N–H and O–H groups in total. The van der Waals surface area contributed by atoms with Gasteiger partial charge in [-0.15, -0.1) is 0 Å². The maximum absolute atomic E-state index is 12.5. The van der Waals surface area contributed by atoms with Crippen LogP contribution in [0.4, 0.5) is 0 Å². The lowest BCUT2D eigenvalue weighted by Crippen LogP contribution is -2.44. The first-order chi connectivity index (χ1) is 16.3. The van der Waals surface area contributed by atoms with Crippen LogP contribution in [-0.2, 0) is 22.4 Å². The summed E-state index contributed by atoms with van der Waals surface area (Å²) in [5.41, 5.74) is 2.76. The Bertz CT molecular complexity index is 1450. The van der Waals surface area contributed by atoms with Gasteiger partial charge in [0.05, 0.1) is 0 Å². The highest BCUT2D eigenvalue weighted by atomic mass is 16.5. The molecule has 0 aliphatic carbocycles. The first-order valence-corrected chi connectivity index (χ1v) is 10.8. The molecule has 0 bridgehead atoms.